The molecule has 0 amide bonds. The maximum Gasteiger partial charge on any atom is 0.307 e. The summed E-state index contributed by atoms with van der Waals surface area (Å²) in [5, 5.41) is 13.1. The highest BCUT2D eigenvalue weighted by molar-refractivity contribution is 5.70. The smallest absolute Gasteiger partial charge is 0.307 e. The number of aryl methyl sites for hydroxylation is 1. The lowest BCUT2D eigenvalue weighted by Crippen LogP contribution is -2.12. The molecule has 0 fully saturated rings. The van der Waals surface area contributed by atoms with Gasteiger partial charge in [-0.15, -0.1) is 0 Å². The van der Waals surface area contributed by atoms with Gasteiger partial charge in [0, 0.05) is 18.4 Å². The number of aliphatic carboxylic acids is 1. The first-order valence-corrected chi connectivity index (χ1v) is 5.87. The van der Waals surface area contributed by atoms with Crippen molar-refractivity contribution in [1.82, 2.24) is 9.78 Å². The van der Waals surface area contributed by atoms with E-state index in [9.17, 15) is 4.79 Å². The first kappa shape index (κ1) is 14.7. The highest BCUT2D eigenvalue weighted by Gasteiger charge is 2.13. The maximum absolute atomic E-state index is 10.7. The van der Waals surface area contributed by atoms with Gasteiger partial charge in [-0.1, -0.05) is 0 Å². The van der Waals surface area contributed by atoms with E-state index >= 15 is 0 Å². The highest BCUT2D eigenvalue weighted by Crippen LogP contribution is 2.13. The van der Waals surface area contributed by atoms with Crippen molar-refractivity contribution >= 4 is 5.97 Å². The number of hydrogen-bond donors (Lipinski definition) is 1. The molecule has 1 rings (SSSR count). The Hall–Kier alpha value is -1.40. The van der Waals surface area contributed by atoms with Gasteiger partial charge in [-0.3, -0.25) is 9.48 Å². The van der Waals surface area contributed by atoms with Crippen LogP contribution in [0.5, 0.6) is 0 Å². The van der Waals surface area contributed by atoms with E-state index in [1.807, 2.05) is 13.8 Å². The average molecular weight is 256 g/mol. The van der Waals surface area contributed by atoms with Crippen molar-refractivity contribution in [2.75, 3.05) is 26.9 Å². The molecule has 0 aliphatic rings. The largest absolute Gasteiger partial charge is 0.481 e. The minimum absolute atomic E-state index is 0.0161. The van der Waals surface area contributed by atoms with Gasteiger partial charge in [-0.05, 0) is 13.8 Å². The molecule has 0 atom stereocenters. The van der Waals surface area contributed by atoms with Crippen LogP contribution in [0.2, 0.25) is 0 Å². The first-order valence-electron chi connectivity index (χ1n) is 5.87. The summed E-state index contributed by atoms with van der Waals surface area (Å²) in [5.74, 6) is -0.836. The third kappa shape index (κ3) is 4.12. The van der Waals surface area contributed by atoms with E-state index in [0.717, 1.165) is 17.0 Å². The van der Waals surface area contributed by atoms with E-state index in [0.29, 0.717) is 26.4 Å². The van der Waals surface area contributed by atoms with Crippen molar-refractivity contribution in [2.45, 2.75) is 26.8 Å². The number of ether oxygens (including phenoxy) is 2. The third-order valence-corrected chi connectivity index (χ3v) is 2.74. The van der Waals surface area contributed by atoms with Crippen molar-refractivity contribution in [3.8, 4) is 0 Å². The second kappa shape index (κ2) is 7.13. The average Bonchev–Trinajstić information content (AvgIpc) is 2.56. The lowest BCUT2D eigenvalue weighted by molar-refractivity contribution is -0.136. The zero-order valence-corrected chi connectivity index (χ0v) is 11.1. The van der Waals surface area contributed by atoms with E-state index in [4.69, 9.17) is 14.6 Å². The van der Waals surface area contributed by atoms with Crippen molar-refractivity contribution in [1.29, 1.82) is 0 Å². The van der Waals surface area contributed by atoms with Gasteiger partial charge in [-0.25, -0.2) is 0 Å². The van der Waals surface area contributed by atoms with Gasteiger partial charge in [0.2, 0.25) is 0 Å². The van der Waals surface area contributed by atoms with Gasteiger partial charge >= 0.3 is 5.97 Å². The monoisotopic (exact) mass is 256 g/mol. The molecule has 0 aromatic carbocycles. The van der Waals surface area contributed by atoms with Crippen molar-refractivity contribution in [3.05, 3.63) is 17.0 Å². The van der Waals surface area contributed by atoms with E-state index in [-0.39, 0.29) is 6.42 Å². The molecule has 0 aliphatic carbocycles. The Morgan fingerprint density at radius 3 is 2.67 bits per heavy atom. The quantitative estimate of drug-likeness (QED) is 0.696. The van der Waals surface area contributed by atoms with Gasteiger partial charge in [-0.2, -0.15) is 5.10 Å². The van der Waals surface area contributed by atoms with E-state index in [2.05, 4.69) is 5.10 Å². The fourth-order valence-corrected chi connectivity index (χ4v) is 1.75. The number of hydrogen-bond acceptors (Lipinski definition) is 4. The maximum atomic E-state index is 10.7. The number of carbonyl (C=O) groups is 1. The van der Waals surface area contributed by atoms with Gasteiger partial charge in [0.15, 0.2) is 0 Å². The molecule has 0 radical (unpaired) electrons. The highest BCUT2D eigenvalue weighted by atomic mass is 16.5. The van der Waals surface area contributed by atoms with Crippen molar-refractivity contribution in [3.63, 3.8) is 0 Å². The minimum atomic E-state index is -0.836. The molecular weight excluding hydrogens is 236 g/mol. The molecule has 18 heavy (non-hydrogen) atoms. The minimum Gasteiger partial charge on any atom is -0.481 e. The van der Waals surface area contributed by atoms with E-state index in [1.54, 1.807) is 11.8 Å². The number of aromatic nitrogens is 2. The second-order valence-electron chi connectivity index (χ2n) is 4.05. The van der Waals surface area contributed by atoms with Crippen LogP contribution in [-0.2, 0) is 27.2 Å². The molecule has 0 aliphatic heterocycles. The molecule has 0 saturated carbocycles. The van der Waals surface area contributed by atoms with Crippen LogP contribution < -0.4 is 0 Å². The lowest BCUT2D eigenvalue weighted by atomic mass is 10.1. The molecule has 102 valence electrons. The number of rotatable bonds is 8. The Kier molecular flexibility index (Phi) is 5.80. The van der Waals surface area contributed by atoms with E-state index in [1.165, 1.54) is 0 Å². The molecular formula is C12H20N2O4. The summed E-state index contributed by atoms with van der Waals surface area (Å²) in [6.45, 7) is 5.99. The number of nitrogens with zero attached hydrogens (tertiary/aromatic N) is 2. The zero-order chi connectivity index (χ0) is 13.5. The molecule has 0 spiro atoms. The van der Waals surface area contributed by atoms with Crippen molar-refractivity contribution < 1.29 is 19.4 Å². The van der Waals surface area contributed by atoms with Crippen LogP contribution in [0.4, 0.5) is 0 Å². The zero-order valence-electron chi connectivity index (χ0n) is 11.1. The van der Waals surface area contributed by atoms with Crippen LogP contribution in [0.25, 0.3) is 0 Å². The molecule has 6 heteroatoms. The fourth-order valence-electron chi connectivity index (χ4n) is 1.75. The Bertz CT molecular complexity index is 401. The Morgan fingerprint density at radius 1 is 1.33 bits per heavy atom. The number of carboxylic acid groups (broad SMARTS) is 1. The summed E-state index contributed by atoms with van der Waals surface area (Å²) < 4.78 is 12.0. The third-order valence-electron chi connectivity index (χ3n) is 2.74. The second-order valence-corrected chi connectivity index (χ2v) is 4.05. The Morgan fingerprint density at radius 2 is 2.06 bits per heavy atom. The van der Waals surface area contributed by atoms with Gasteiger partial charge in [0.1, 0.15) is 0 Å². The van der Waals surface area contributed by atoms with Crippen LogP contribution in [0.1, 0.15) is 17.0 Å². The summed E-state index contributed by atoms with van der Waals surface area (Å²) >= 11 is 0. The molecule has 1 N–H and O–H groups in total. The molecule has 0 saturated heterocycles. The molecule has 0 bridgehead atoms. The van der Waals surface area contributed by atoms with Crippen LogP contribution in [0.15, 0.2) is 0 Å². The Balaban J connectivity index is 2.53. The van der Waals surface area contributed by atoms with Gasteiger partial charge < -0.3 is 14.6 Å². The standard InChI is InChI=1S/C12H20N2O4/c1-9-11(8-12(15)16)10(2)14(13-9)4-5-18-7-6-17-3/h4-8H2,1-3H3,(H,15,16). The fraction of sp³-hybridized carbons (Fsp3) is 0.667. The normalized spacial score (nSPS) is 10.8. The number of carboxylic acids is 1. The predicted octanol–water partition coefficient (Wildman–Crippen LogP) is 0.790. The summed E-state index contributed by atoms with van der Waals surface area (Å²) in [6.07, 6.45) is 0.0161. The molecule has 1 aromatic heterocycles. The van der Waals surface area contributed by atoms with Crippen LogP contribution >= 0.6 is 0 Å². The topological polar surface area (TPSA) is 73.6 Å². The van der Waals surface area contributed by atoms with Crippen molar-refractivity contribution in [2.24, 2.45) is 0 Å². The summed E-state index contributed by atoms with van der Waals surface area (Å²) in [6, 6.07) is 0. The predicted molar refractivity (Wildman–Crippen MR) is 65.7 cm³/mol. The SMILES string of the molecule is COCCOCCn1nc(C)c(CC(=O)O)c1C. The summed E-state index contributed by atoms with van der Waals surface area (Å²) in [7, 11) is 1.63. The Labute approximate surface area is 107 Å². The van der Waals surface area contributed by atoms with Crippen LogP contribution in [-0.4, -0.2) is 47.8 Å². The van der Waals surface area contributed by atoms with Crippen LogP contribution in [0.3, 0.4) is 0 Å². The summed E-state index contributed by atoms with van der Waals surface area (Å²) in [4.78, 5) is 10.7. The number of methoxy groups -OCH3 is 1. The molecule has 1 aromatic rings. The van der Waals surface area contributed by atoms with Gasteiger partial charge in [0.05, 0.1) is 38.5 Å². The van der Waals surface area contributed by atoms with Crippen LogP contribution in [0, 0.1) is 13.8 Å². The lowest BCUT2D eigenvalue weighted by Gasteiger charge is -2.06. The van der Waals surface area contributed by atoms with E-state index < -0.39 is 5.97 Å². The molecule has 1 heterocycles. The summed E-state index contributed by atoms with van der Waals surface area (Å²) in [5.41, 5.74) is 2.46. The molecule has 0 unspecified atom stereocenters. The van der Waals surface area contributed by atoms with Gasteiger partial charge in [0.25, 0.3) is 0 Å². The molecule has 6 nitrogen and oxygen atoms in total. The first-order chi connectivity index (χ1) is 8.56.